The van der Waals surface area contributed by atoms with Gasteiger partial charge in [0.25, 0.3) is 5.91 Å². The average molecular weight is 468 g/mol. The Bertz CT molecular complexity index is 1120. The van der Waals surface area contributed by atoms with Crippen LogP contribution in [0.2, 0.25) is 0 Å². The van der Waals surface area contributed by atoms with Crippen molar-refractivity contribution in [2.45, 2.75) is 48.6 Å². The SMILES string of the molecule is C=CC(=O)NC1CCCCN(S(=O)(=O)c2ccc(C(=O)N[C@@H]3CC3c3ccccc3)cc2)C1. The number of nitrogens with zero attached hydrogens (tertiary/aromatic N) is 1. The molecule has 2 fully saturated rings. The normalized spacial score (nSPS) is 23.2. The zero-order valence-corrected chi connectivity index (χ0v) is 19.3. The molecule has 2 N–H and O–H groups in total. The van der Waals surface area contributed by atoms with Gasteiger partial charge in [0.05, 0.1) is 4.90 Å². The first-order chi connectivity index (χ1) is 15.9. The van der Waals surface area contributed by atoms with Crippen molar-refractivity contribution in [2.24, 2.45) is 0 Å². The third-order valence-corrected chi connectivity index (χ3v) is 8.13. The highest BCUT2D eigenvalue weighted by Crippen LogP contribution is 2.40. The van der Waals surface area contributed by atoms with Gasteiger partial charge in [-0.05, 0) is 55.2 Å². The number of rotatable bonds is 7. The summed E-state index contributed by atoms with van der Waals surface area (Å²) in [6.45, 7) is 4.06. The van der Waals surface area contributed by atoms with E-state index in [2.05, 4.69) is 29.3 Å². The Morgan fingerprint density at radius 3 is 2.42 bits per heavy atom. The van der Waals surface area contributed by atoms with Gasteiger partial charge in [-0.15, -0.1) is 0 Å². The Morgan fingerprint density at radius 1 is 1.00 bits per heavy atom. The molecule has 0 spiro atoms. The molecule has 2 aliphatic rings. The van der Waals surface area contributed by atoms with E-state index in [1.165, 1.54) is 28.1 Å². The van der Waals surface area contributed by atoms with Crippen molar-refractivity contribution < 1.29 is 18.0 Å². The highest BCUT2D eigenvalue weighted by Gasteiger charge is 2.39. The second kappa shape index (κ2) is 9.89. The average Bonchev–Trinajstić information content (AvgIpc) is 3.63. The maximum Gasteiger partial charge on any atom is 0.251 e. The molecule has 2 aromatic carbocycles. The molecule has 1 saturated carbocycles. The first-order valence-electron chi connectivity index (χ1n) is 11.3. The summed E-state index contributed by atoms with van der Waals surface area (Å²) >= 11 is 0. The molecule has 2 unspecified atom stereocenters. The molecule has 8 heteroatoms. The Labute approximate surface area is 194 Å². The van der Waals surface area contributed by atoms with Crippen LogP contribution in [0.5, 0.6) is 0 Å². The summed E-state index contributed by atoms with van der Waals surface area (Å²) in [4.78, 5) is 24.4. The maximum absolute atomic E-state index is 13.2. The van der Waals surface area contributed by atoms with Crippen LogP contribution in [0.15, 0.2) is 72.1 Å². The van der Waals surface area contributed by atoms with Crippen molar-refractivity contribution in [3.63, 3.8) is 0 Å². The number of hydrogen-bond donors (Lipinski definition) is 2. The van der Waals surface area contributed by atoms with E-state index in [0.29, 0.717) is 18.0 Å². The van der Waals surface area contributed by atoms with Crippen molar-refractivity contribution in [1.82, 2.24) is 14.9 Å². The second-order valence-electron chi connectivity index (χ2n) is 8.63. The molecule has 0 radical (unpaired) electrons. The lowest BCUT2D eigenvalue weighted by atomic mass is 10.1. The lowest BCUT2D eigenvalue weighted by Gasteiger charge is -2.24. The van der Waals surface area contributed by atoms with E-state index in [4.69, 9.17) is 0 Å². The third kappa shape index (κ3) is 5.51. The van der Waals surface area contributed by atoms with E-state index in [1.54, 1.807) is 12.1 Å². The summed E-state index contributed by atoms with van der Waals surface area (Å²) in [5.41, 5.74) is 1.64. The molecule has 2 aromatic rings. The molecule has 1 saturated heterocycles. The highest BCUT2D eigenvalue weighted by molar-refractivity contribution is 7.89. The van der Waals surface area contributed by atoms with Gasteiger partial charge < -0.3 is 10.6 Å². The zero-order chi connectivity index (χ0) is 23.4. The minimum absolute atomic E-state index is 0.100. The molecule has 1 aliphatic heterocycles. The van der Waals surface area contributed by atoms with E-state index in [9.17, 15) is 18.0 Å². The molecule has 3 atom stereocenters. The summed E-state index contributed by atoms with van der Waals surface area (Å²) in [6.07, 6.45) is 4.37. The minimum Gasteiger partial charge on any atom is -0.349 e. The lowest BCUT2D eigenvalue weighted by Crippen LogP contribution is -2.44. The van der Waals surface area contributed by atoms with Crippen LogP contribution in [-0.2, 0) is 14.8 Å². The molecule has 0 aromatic heterocycles. The van der Waals surface area contributed by atoms with Crippen LogP contribution >= 0.6 is 0 Å². The molecule has 1 aliphatic carbocycles. The van der Waals surface area contributed by atoms with Gasteiger partial charge in [-0.3, -0.25) is 9.59 Å². The van der Waals surface area contributed by atoms with Gasteiger partial charge in [-0.25, -0.2) is 8.42 Å². The molecule has 1 heterocycles. The maximum atomic E-state index is 13.2. The van der Waals surface area contributed by atoms with E-state index < -0.39 is 10.0 Å². The van der Waals surface area contributed by atoms with Crippen molar-refractivity contribution in [2.75, 3.05) is 13.1 Å². The number of carbonyl (C=O) groups excluding carboxylic acids is 2. The molecule has 4 rings (SSSR count). The summed E-state index contributed by atoms with van der Waals surface area (Å²) in [7, 11) is -3.73. The molecule has 33 heavy (non-hydrogen) atoms. The van der Waals surface area contributed by atoms with Crippen LogP contribution in [0, 0.1) is 0 Å². The summed E-state index contributed by atoms with van der Waals surface area (Å²) in [6, 6.07) is 16.0. The fourth-order valence-corrected chi connectivity index (χ4v) is 5.83. The van der Waals surface area contributed by atoms with Gasteiger partial charge in [0, 0.05) is 36.7 Å². The Balaban J connectivity index is 1.39. The standard InChI is InChI=1S/C25H29N3O4S/c1-2-24(29)26-20-10-6-7-15-28(17-20)33(31,32)21-13-11-19(12-14-21)25(30)27-23-16-22(23)18-8-4-3-5-9-18/h2-5,8-9,11-14,20,22-23H,1,6-7,10,15-17H2,(H,26,29)(H,27,30)/t20?,22?,23-/m1/s1. The fourth-order valence-electron chi connectivity index (χ4n) is 4.31. The van der Waals surface area contributed by atoms with Crippen molar-refractivity contribution >= 4 is 21.8 Å². The van der Waals surface area contributed by atoms with Crippen molar-refractivity contribution in [3.8, 4) is 0 Å². The number of hydrogen-bond acceptors (Lipinski definition) is 4. The van der Waals surface area contributed by atoms with Crippen LogP contribution in [-0.4, -0.2) is 49.7 Å². The van der Waals surface area contributed by atoms with Gasteiger partial charge in [0.1, 0.15) is 0 Å². The van der Waals surface area contributed by atoms with E-state index in [-0.39, 0.29) is 35.3 Å². The minimum atomic E-state index is -3.73. The summed E-state index contributed by atoms with van der Waals surface area (Å²) in [5, 5.41) is 5.84. The summed E-state index contributed by atoms with van der Waals surface area (Å²) < 4.78 is 27.8. The predicted octanol–water partition coefficient (Wildman–Crippen LogP) is 2.82. The number of benzene rings is 2. The van der Waals surface area contributed by atoms with E-state index in [0.717, 1.165) is 25.7 Å². The van der Waals surface area contributed by atoms with Gasteiger partial charge in [-0.2, -0.15) is 4.31 Å². The Hall–Kier alpha value is -2.97. The van der Waals surface area contributed by atoms with Crippen LogP contribution < -0.4 is 10.6 Å². The van der Waals surface area contributed by atoms with Gasteiger partial charge in [0.15, 0.2) is 0 Å². The van der Waals surface area contributed by atoms with Crippen LogP contribution in [0.25, 0.3) is 0 Å². The topological polar surface area (TPSA) is 95.6 Å². The van der Waals surface area contributed by atoms with Crippen LogP contribution in [0.4, 0.5) is 0 Å². The number of sulfonamides is 1. The first kappa shape index (κ1) is 23.2. The molecule has 7 nitrogen and oxygen atoms in total. The molecular weight excluding hydrogens is 438 g/mol. The van der Waals surface area contributed by atoms with Crippen LogP contribution in [0.3, 0.4) is 0 Å². The lowest BCUT2D eigenvalue weighted by molar-refractivity contribution is -0.117. The van der Waals surface area contributed by atoms with Gasteiger partial charge in [-0.1, -0.05) is 43.3 Å². The largest absolute Gasteiger partial charge is 0.349 e. The molecular formula is C25H29N3O4S. The predicted molar refractivity (Wildman–Crippen MR) is 126 cm³/mol. The molecule has 0 bridgehead atoms. The number of carbonyl (C=O) groups is 2. The van der Waals surface area contributed by atoms with Gasteiger partial charge in [0.2, 0.25) is 15.9 Å². The second-order valence-corrected chi connectivity index (χ2v) is 10.6. The van der Waals surface area contributed by atoms with Crippen molar-refractivity contribution in [1.29, 1.82) is 0 Å². The van der Waals surface area contributed by atoms with Gasteiger partial charge >= 0.3 is 0 Å². The van der Waals surface area contributed by atoms with Crippen LogP contribution in [0.1, 0.15) is 47.5 Å². The Morgan fingerprint density at radius 2 is 1.73 bits per heavy atom. The first-order valence-corrected chi connectivity index (χ1v) is 12.7. The fraction of sp³-hybridized carbons (Fsp3) is 0.360. The smallest absolute Gasteiger partial charge is 0.251 e. The monoisotopic (exact) mass is 467 g/mol. The van der Waals surface area contributed by atoms with E-state index in [1.807, 2.05) is 18.2 Å². The highest BCUT2D eigenvalue weighted by atomic mass is 32.2. The Kier molecular flexibility index (Phi) is 6.95. The van der Waals surface area contributed by atoms with Crippen molar-refractivity contribution in [3.05, 3.63) is 78.4 Å². The zero-order valence-electron chi connectivity index (χ0n) is 18.4. The number of amides is 2. The summed E-state index contributed by atoms with van der Waals surface area (Å²) in [5.74, 6) is -0.184. The molecule has 2 amide bonds. The molecule has 174 valence electrons. The third-order valence-electron chi connectivity index (χ3n) is 6.25. The number of nitrogens with one attached hydrogen (secondary N) is 2. The van der Waals surface area contributed by atoms with E-state index >= 15 is 0 Å². The quantitative estimate of drug-likeness (QED) is 0.612.